The van der Waals surface area contributed by atoms with Crippen LogP contribution >= 0.6 is 0 Å². The maximum absolute atomic E-state index is 12.0. The molecule has 0 unspecified atom stereocenters. The van der Waals surface area contributed by atoms with Gasteiger partial charge in [-0.2, -0.15) is 5.10 Å². The molecule has 29 heavy (non-hydrogen) atoms. The summed E-state index contributed by atoms with van der Waals surface area (Å²) in [5, 5.41) is 9.92. The van der Waals surface area contributed by atoms with E-state index in [1.54, 1.807) is 42.7 Å². The van der Waals surface area contributed by atoms with E-state index in [1.807, 2.05) is 19.1 Å². The fraction of sp³-hybridized carbons (Fsp3) is 0.238. The summed E-state index contributed by atoms with van der Waals surface area (Å²) in [5.41, 5.74) is 2.09. The first-order valence-electron chi connectivity index (χ1n) is 9.42. The zero-order valence-electron chi connectivity index (χ0n) is 16.2. The predicted octanol–water partition coefficient (Wildman–Crippen LogP) is 2.92. The molecule has 0 atom stereocenters. The van der Waals surface area contributed by atoms with E-state index in [4.69, 9.17) is 4.74 Å². The Bertz CT molecular complexity index is 987. The second kappa shape index (κ2) is 10.0. The van der Waals surface area contributed by atoms with Gasteiger partial charge >= 0.3 is 6.03 Å². The number of carbonyl (C=O) groups excluding carboxylic acids is 1. The molecule has 0 aliphatic rings. The number of nitrogens with one attached hydrogen (secondary N) is 2. The largest absolute Gasteiger partial charge is 0.494 e. The van der Waals surface area contributed by atoms with E-state index in [9.17, 15) is 9.59 Å². The monoisotopic (exact) mass is 393 g/mol. The number of aryl methyl sites for hydroxylation is 1. The highest BCUT2D eigenvalue weighted by molar-refractivity contribution is 5.89. The minimum atomic E-state index is -0.306. The number of urea groups is 1. The van der Waals surface area contributed by atoms with E-state index in [1.165, 1.54) is 10.7 Å². The Labute approximate surface area is 168 Å². The number of amides is 2. The first kappa shape index (κ1) is 20.1. The van der Waals surface area contributed by atoms with Crippen molar-refractivity contribution >= 4 is 11.7 Å². The molecular formula is C21H23N5O3. The van der Waals surface area contributed by atoms with Crippen LogP contribution in [0, 0.1) is 0 Å². The Morgan fingerprint density at radius 2 is 1.83 bits per heavy atom. The average molecular weight is 393 g/mol. The number of pyridine rings is 1. The first-order chi connectivity index (χ1) is 14.2. The highest BCUT2D eigenvalue weighted by Gasteiger charge is 2.05. The molecule has 2 N–H and O–H groups in total. The standard InChI is InChI=1S/C21H23N5O3/c1-2-29-18-6-4-17(5-7-18)24-21(28)23-12-3-15-26-20(27)9-8-19(25-26)16-10-13-22-14-11-16/h4-11,13-14H,2-3,12,15H2,1H3,(H2,23,24,28). The summed E-state index contributed by atoms with van der Waals surface area (Å²) in [5.74, 6) is 0.755. The topological polar surface area (TPSA) is 98.1 Å². The van der Waals surface area contributed by atoms with Crippen LogP contribution in [0.5, 0.6) is 5.75 Å². The van der Waals surface area contributed by atoms with Crippen molar-refractivity contribution in [3.05, 3.63) is 71.3 Å². The van der Waals surface area contributed by atoms with E-state index in [-0.39, 0.29) is 11.6 Å². The van der Waals surface area contributed by atoms with Crippen LogP contribution in [0.15, 0.2) is 65.7 Å². The molecule has 8 nitrogen and oxygen atoms in total. The molecule has 3 rings (SSSR count). The average Bonchev–Trinajstić information content (AvgIpc) is 2.74. The van der Waals surface area contributed by atoms with Crippen LogP contribution in [0.1, 0.15) is 13.3 Å². The Hall–Kier alpha value is -3.68. The van der Waals surface area contributed by atoms with Gasteiger partial charge in [-0.05, 0) is 55.8 Å². The Balaban J connectivity index is 1.47. The van der Waals surface area contributed by atoms with Crippen LogP contribution in [0.25, 0.3) is 11.3 Å². The minimum absolute atomic E-state index is 0.179. The van der Waals surface area contributed by atoms with Crippen LogP contribution < -0.4 is 20.9 Å². The van der Waals surface area contributed by atoms with Crippen LogP contribution in [-0.2, 0) is 6.54 Å². The fourth-order valence-corrected chi connectivity index (χ4v) is 2.69. The zero-order valence-corrected chi connectivity index (χ0v) is 16.2. The third-order valence-electron chi connectivity index (χ3n) is 4.10. The molecule has 0 aliphatic heterocycles. The molecule has 0 aliphatic carbocycles. The van der Waals surface area contributed by atoms with Crippen molar-refractivity contribution < 1.29 is 9.53 Å². The third kappa shape index (κ3) is 5.90. The summed E-state index contributed by atoms with van der Waals surface area (Å²) in [6.45, 7) is 3.33. The molecule has 3 aromatic rings. The molecule has 2 amide bonds. The fourth-order valence-electron chi connectivity index (χ4n) is 2.69. The number of aromatic nitrogens is 3. The van der Waals surface area contributed by atoms with Gasteiger partial charge in [0.25, 0.3) is 5.56 Å². The molecule has 150 valence electrons. The van der Waals surface area contributed by atoms with Crippen LogP contribution in [-0.4, -0.2) is 33.9 Å². The minimum Gasteiger partial charge on any atom is -0.494 e. The van der Waals surface area contributed by atoms with Gasteiger partial charge in [0.05, 0.1) is 12.3 Å². The molecule has 0 fully saturated rings. The van der Waals surface area contributed by atoms with E-state index in [0.29, 0.717) is 37.5 Å². The van der Waals surface area contributed by atoms with Gasteiger partial charge < -0.3 is 15.4 Å². The molecule has 0 saturated carbocycles. The maximum Gasteiger partial charge on any atom is 0.319 e. The first-order valence-corrected chi connectivity index (χ1v) is 9.42. The molecule has 0 spiro atoms. The lowest BCUT2D eigenvalue weighted by atomic mass is 10.2. The van der Waals surface area contributed by atoms with Crippen molar-refractivity contribution in [3.63, 3.8) is 0 Å². The van der Waals surface area contributed by atoms with Gasteiger partial charge in [0.15, 0.2) is 0 Å². The number of hydrogen-bond donors (Lipinski definition) is 2. The lowest BCUT2D eigenvalue weighted by molar-refractivity contribution is 0.251. The summed E-state index contributed by atoms with van der Waals surface area (Å²) < 4.78 is 6.77. The van der Waals surface area contributed by atoms with Gasteiger partial charge in [0.2, 0.25) is 0 Å². The molecular weight excluding hydrogens is 370 g/mol. The van der Waals surface area contributed by atoms with Gasteiger partial charge in [-0.1, -0.05) is 0 Å². The van der Waals surface area contributed by atoms with E-state index < -0.39 is 0 Å². The number of carbonyl (C=O) groups is 1. The van der Waals surface area contributed by atoms with Crippen molar-refractivity contribution in [1.82, 2.24) is 20.1 Å². The number of hydrogen-bond acceptors (Lipinski definition) is 5. The molecule has 2 aromatic heterocycles. The highest BCUT2D eigenvalue weighted by Crippen LogP contribution is 2.15. The molecule has 0 saturated heterocycles. The smallest absolute Gasteiger partial charge is 0.319 e. The van der Waals surface area contributed by atoms with Gasteiger partial charge in [0.1, 0.15) is 5.75 Å². The highest BCUT2D eigenvalue weighted by atomic mass is 16.5. The predicted molar refractivity (Wildman–Crippen MR) is 111 cm³/mol. The lowest BCUT2D eigenvalue weighted by Gasteiger charge is -2.10. The number of rotatable bonds is 8. The van der Waals surface area contributed by atoms with Gasteiger partial charge in [-0.15, -0.1) is 0 Å². The lowest BCUT2D eigenvalue weighted by Crippen LogP contribution is -2.31. The van der Waals surface area contributed by atoms with Crippen molar-refractivity contribution in [1.29, 1.82) is 0 Å². The van der Waals surface area contributed by atoms with Crippen LogP contribution in [0.2, 0.25) is 0 Å². The van der Waals surface area contributed by atoms with E-state index in [0.717, 1.165) is 11.3 Å². The molecule has 0 bridgehead atoms. The molecule has 1 aromatic carbocycles. The number of anilines is 1. The second-order valence-corrected chi connectivity index (χ2v) is 6.21. The second-order valence-electron chi connectivity index (χ2n) is 6.21. The van der Waals surface area contributed by atoms with Gasteiger partial charge in [-0.25, -0.2) is 9.48 Å². The SMILES string of the molecule is CCOc1ccc(NC(=O)NCCCn2nc(-c3ccncc3)ccc2=O)cc1. The summed E-state index contributed by atoms with van der Waals surface area (Å²) in [6.07, 6.45) is 3.93. The summed E-state index contributed by atoms with van der Waals surface area (Å²) in [7, 11) is 0. The number of nitrogens with zero attached hydrogens (tertiary/aromatic N) is 3. The Morgan fingerprint density at radius 1 is 1.07 bits per heavy atom. The van der Waals surface area contributed by atoms with Crippen LogP contribution in [0.3, 0.4) is 0 Å². The molecule has 0 radical (unpaired) electrons. The van der Waals surface area contributed by atoms with E-state index in [2.05, 4.69) is 20.7 Å². The third-order valence-corrected chi connectivity index (χ3v) is 4.10. The Kier molecular flexibility index (Phi) is 6.94. The number of benzene rings is 1. The van der Waals surface area contributed by atoms with E-state index >= 15 is 0 Å². The molecule has 2 heterocycles. The van der Waals surface area contributed by atoms with Gasteiger partial charge in [0, 0.05) is 42.8 Å². The van der Waals surface area contributed by atoms with Crippen molar-refractivity contribution in [2.45, 2.75) is 19.9 Å². The summed E-state index contributed by atoms with van der Waals surface area (Å²) in [4.78, 5) is 28.0. The Morgan fingerprint density at radius 3 is 2.55 bits per heavy atom. The summed E-state index contributed by atoms with van der Waals surface area (Å²) in [6, 6.07) is 13.7. The normalized spacial score (nSPS) is 10.4. The van der Waals surface area contributed by atoms with Crippen molar-refractivity contribution in [2.75, 3.05) is 18.5 Å². The summed E-state index contributed by atoms with van der Waals surface area (Å²) >= 11 is 0. The van der Waals surface area contributed by atoms with Gasteiger partial charge in [-0.3, -0.25) is 9.78 Å². The molecule has 8 heteroatoms. The quantitative estimate of drug-likeness (QED) is 0.574. The maximum atomic E-state index is 12.0. The van der Waals surface area contributed by atoms with Crippen molar-refractivity contribution in [2.24, 2.45) is 0 Å². The number of ether oxygens (including phenoxy) is 1. The zero-order chi connectivity index (χ0) is 20.5. The van der Waals surface area contributed by atoms with Crippen molar-refractivity contribution in [3.8, 4) is 17.0 Å². The van der Waals surface area contributed by atoms with Crippen LogP contribution in [0.4, 0.5) is 10.5 Å².